The summed E-state index contributed by atoms with van der Waals surface area (Å²) in [5.41, 5.74) is 1.88. The van der Waals surface area contributed by atoms with Gasteiger partial charge < -0.3 is 10.4 Å². The third kappa shape index (κ3) is 5.72. The maximum Gasteiger partial charge on any atom is 0.230 e. The molecule has 0 saturated carbocycles. The fraction of sp³-hybridized carbons (Fsp3) is 0.235. The molecule has 3 nitrogen and oxygen atoms in total. The van der Waals surface area contributed by atoms with Gasteiger partial charge in [-0.2, -0.15) is 0 Å². The topological polar surface area (TPSA) is 49.3 Å². The van der Waals surface area contributed by atoms with Crippen molar-refractivity contribution in [3.05, 3.63) is 70.7 Å². The summed E-state index contributed by atoms with van der Waals surface area (Å²) in [6, 6.07) is 16.8. The molecule has 0 aliphatic rings. The molecule has 0 heterocycles. The van der Waals surface area contributed by atoms with Crippen LogP contribution in [-0.2, 0) is 11.3 Å². The van der Waals surface area contributed by atoms with Gasteiger partial charge in [0.05, 0.1) is 11.9 Å². The fourth-order valence-corrected chi connectivity index (χ4v) is 2.84. The summed E-state index contributed by atoms with van der Waals surface area (Å²) in [6.07, 6.45) is -0.546. The van der Waals surface area contributed by atoms with Crippen LogP contribution >= 0.6 is 23.4 Å². The highest BCUT2D eigenvalue weighted by Gasteiger charge is 2.08. The molecular weight excluding hydrogens is 318 g/mol. The Morgan fingerprint density at radius 2 is 1.82 bits per heavy atom. The second-order valence-electron chi connectivity index (χ2n) is 4.84. The van der Waals surface area contributed by atoms with E-state index in [0.717, 1.165) is 11.1 Å². The number of hydrogen-bond acceptors (Lipinski definition) is 3. The summed E-state index contributed by atoms with van der Waals surface area (Å²) >= 11 is 7.23. The molecule has 0 aromatic heterocycles. The van der Waals surface area contributed by atoms with Crippen LogP contribution in [0.15, 0.2) is 54.6 Å². The number of halogens is 1. The van der Waals surface area contributed by atoms with Crippen molar-refractivity contribution in [2.24, 2.45) is 0 Å². The summed E-state index contributed by atoms with van der Waals surface area (Å²) in [5, 5.41) is 13.5. The largest absolute Gasteiger partial charge is 0.388 e. The Bertz CT molecular complexity index is 589. The van der Waals surface area contributed by atoms with E-state index in [0.29, 0.717) is 23.1 Å². The average molecular weight is 336 g/mol. The highest BCUT2D eigenvalue weighted by atomic mass is 35.5. The third-order valence-corrected chi connectivity index (χ3v) is 4.37. The lowest BCUT2D eigenvalue weighted by atomic mass is 10.1. The molecule has 0 bridgehead atoms. The van der Waals surface area contributed by atoms with E-state index in [1.54, 1.807) is 12.1 Å². The molecule has 2 N–H and O–H groups in total. The van der Waals surface area contributed by atoms with Crippen molar-refractivity contribution in [3.8, 4) is 0 Å². The summed E-state index contributed by atoms with van der Waals surface area (Å²) in [5.74, 6) is 0.788. The number of aliphatic hydroxyl groups is 1. The van der Waals surface area contributed by atoms with Crippen LogP contribution < -0.4 is 5.32 Å². The molecule has 1 amide bonds. The van der Waals surface area contributed by atoms with Gasteiger partial charge in [0, 0.05) is 17.3 Å². The van der Waals surface area contributed by atoms with E-state index in [2.05, 4.69) is 5.32 Å². The van der Waals surface area contributed by atoms with Gasteiger partial charge in [0.2, 0.25) is 5.91 Å². The molecular formula is C17H18ClNO2S. The molecule has 0 radical (unpaired) electrons. The van der Waals surface area contributed by atoms with E-state index >= 15 is 0 Å². The minimum absolute atomic E-state index is 0.0415. The Morgan fingerprint density at radius 3 is 2.50 bits per heavy atom. The monoisotopic (exact) mass is 335 g/mol. The molecule has 2 aromatic rings. The molecule has 2 aromatic carbocycles. The van der Waals surface area contributed by atoms with Gasteiger partial charge >= 0.3 is 0 Å². The first-order chi connectivity index (χ1) is 10.6. The van der Waals surface area contributed by atoms with Crippen LogP contribution in [0.1, 0.15) is 17.2 Å². The maximum absolute atomic E-state index is 11.8. The highest BCUT2D eigenvalue weighted by Crippen LogP contribution is 2.17. The van der Waals surface area contributed by atoms with Crippen LogP contribution in [0.25, 0.3) is 0 Å². The van der Waals surface area contributed by atoms with Crippen molar-refractivity contribution in [2.45, 2.75) is 12.6 Å². The van der Waals surface area contributed by atoms with Crippen LogP contribution in [-0.4, -0.2) is 22.5 Å². The van der Waals surface area contributed by atoms with E-state index in [1.807, 2.05) is 42.5 Å². The second-order valence-corrected chi connectivity index (χ2v) is 6.31. The minimum Gasteiger partial charge on any atom is -0.388 e. The Balaban J connectivity index is 1.66. The molecule has 0 unspecified atom stereocenters. The standard InChI is InChI=1S/C17H18ClNO2S/c18-15-8-6-13(7-9-15)10-19-17(21)12-22-11-16(20)14-4-2-1-3-5-14/h1-9,16,20H,10-12H2,(H,19,21)/t16-/m1/s1. The molecule has 2 rings (SSSR count). The van der Waals surface area contributed by atoms with E-state index in [1.165, 1.54) is 11.8 Å². The molecule has 0 spiro atoms. The SMILES string of the molecule is O=C(CSC[C@@H](O)c1ccccc1)NCc1ccc(Cl)cc1. The van der Waals surface area contributed by atoms with E-state index in [9.17, 15) is 9.90 Å². The van der Waals surface area contributed by atoms with Gasteiger partial charge in [0.1, 0.15) is 0 Å². The molecule has 22 heavy (non-hydrogen) atoms. The first kappa shape index (κ1) is 16.9. The zero-order valence-corrected chi connectivity index (χ0v) is 13.6. The lowest BCUT2D eigenvalue weighted by Crippen LogP contribution is -2.24. The first-order valence-corrected chi connectivity index (χ1v) is 8.50. The highest BCUT2D eigenvalue weighted by molar-refractivity contribution is 7.99. The molecule has 1 atom stereocenters. The van der Waals surface area contributed by atoms with Gasteiger partial charge in [-0.05, 0) is 23.3 Å². The van der Waals surface area contributed by atoms with Crippen LogP contribution in [0.4, 0.5) is 0 Å². The predicted octanol–water partition coefficient (Wildman–Crippen LogP) is 3.42. The van der Waals surface area contributed by atoms with Crippen LogP contribution in [0, 0.1) is 0 Å². The van der Waals surface area contributed by atoms with Crippen LogP contribution in [0.3, 0.4) is 0 Å². The summed E-state index contributed by atoms with van der Waals surface area (Å²) in [7, 11) is 0. The van der Waals surface area contributed by atoms with Gasteiger partial charge in [-0.1, -0.05) is 54.1 Å². The molecule has 0 saturated heterocycles. The molecule has 5 heteroatoms. The fourth-order valence-electron chi connectivity index (χ4n) is 1.89. The average Bonchev–Trinajstić information content (AvgIpc) is 2.55. The smallest absolute Gasteiger partial charge is 0.230 e. The van der Waals surface area contributed by atoms with E-state index in [-0.39, 0.29) is 5.91 Å². The van der Waals surface area contributed by atoms with E-state index in [4.69, 9.17) is 11.6 Å². The number of carbonyl (C=O) groups is 1. The van der Waals surface area contributed by atoms with Gasteiger partial charge in [0.15, 0.2) is 0 Å². The van der Waals surface area contributed by atoms with Gasteiger partial charge in [-0.15, -0.1) is 11.8 Å². The summed E-state index contributed by atoms with van der Waals surface area (Å²) in [4.78, 5) is 11.8. The number of rotatable bonds is 7. The van der Waals surface area contributed by atoms with Gasteiger partial charge in [0.25, 0.3) is 0 Å². The minimum atomic E-state index is -0.546. The van der Waals surface area contributed by atoms with Crippen molar-refractivity contribution in [3.63, 3.8) is 0 Å². The third-order valence-electron chi connectivity index (χ3n) is 3.10. The van der Waals surface area contributed by atoms with Crippen molar-refractivity contribution in [2.75, 3.05) is 11.5 Å². The molecule has 0 fully saturated rings. The number of nitrogens with one attached hydrogen (secondary N) is 1. The quantitative estimate of drug-likeness (QED) is 0.815. The second kappa shape index (κ2) is 8.83. The number of hydrogen-bond donors (Lipinski definition) is 2. The zero-order chi connectivity index (χ0) is 15.8. The lowest BCUT2D eigenvalue weighted by molar-refractivity contribution is -0.118. The Hall–Kier alpha value is -1.49. The first-order valence-electron chi connectivity index (χ1n) is 6.97. The number of amides is 1. The van der Waals surface area contributed by atoms with Gasteiger partial charge in [-0.3, -0.25) is 4.79 Å². The van der Waals surface area contributed by atoms with Gasteiger partial charge in [-0.25, -0.2) is 0 Å². The summed E-state index contributed by atoms with van der Waals surface area (Å²) in [6.45, 7) is 0.484. The van der Waals surface area contributed by atoms with E-state index < -0.39 is 6.10 Å². The Kier molecular flexibility index (Phi) is 6.77. The maximum atomic E-state index is 11.8. The lowest BCUT2D eigenvalue weighted by Gasteiger charge is -2.10. The predicted molar refractivity (Wildman–Crippen MR) is 92.0 cm³/mol. The number of carbonyl (C=O) groups excluding carboxylic acids is 1. The van der Waals surface area contributed by atoms with Crippen molar-refractivity contribution >= 4 is 29.3 Å². The normalized spacial score (nSPS) is 11.9. The number of aliphatic hydroxyl groups excluding tert-OH is 1. The number of thioether (sulfide) groups is 1. The Morgan fingerprint density at radius 1 is 1.14 bits per heavy atom. The molecule has 116 valence electrons. The molecule has 0 aliphatic heterocycles. The molecule has 0 aliphatic carbocycles. The zero-order valence-electron chi connectivity index (χ0n) is 12.0. The Labute approximate surface area is 139 Å². The number of benzene rings is 2. The van der Waals surface area contributed by atoms with Crippen molar-refractivity contribution in [1.82, 2.24) is 5.32 Å². The van der Waals surface area contributed by atoms with Crippen LogP contribution in [0.5, 0.6) is 0 Å². The van der Waals surface area contributed by atoms with Crippen LogP contribution in [0.2, 0.25) is 5.02 Å². The van der Waals surface area contributed by atoms with Crippen molar-refractivity contribution < 1.29 is 9.90 Å². The summed E-state index contributed by atoms with van der Waals surface area (Å²) < 4.78 is 0. The van der Waals surface area contributed by atoms with Crippen molar-refractivity contribution in [1.29, 1.82) is 0 Å².